The number of imidazole rings is 1. The molecule has 0 aromatic carbocycles. The summed E-state index contributed by atoms with van der Waals surface area (Å²) >= 11 is 1.60. The second-order valence-electron chi connectivity index (χ2n) is 7.24. The molecule has 4 atom stereocenters. The lowest BCUT2D eigenvalue weighted by Gasteiger charge is -2.22. The average molecular weight is 454 g/mol. The number of anilines is 1. The Hall–Kier alpha value is -2.60. The number of carbonyl (C=O) groups excluding carboxylic acids is 2. The Balaban J connectivity index is 2.08. The van der Waals surface area contributed by atoms with Crippen LogP contribution in [0.2, 0.25) is 0 Å². The van der Waals surface area contributed by atoms with Crippen molar-refractivity contribution >= 4 is 40.8 Å². The highest BCUT2D eigenvalue weighted by atomic mass is 32.2. The molecule has 0 aliphatic carbocycles. The first-order chi connectivity index (χ1) is 14.8. The van der Waals surface area contributed by atoms with Crippen LogP contribution in [0.25, 0.3) is 11.2 Å². The molecular formula is C19H27N5O6S. The van der Waals surface area contributed by atoms with Gasteiger partial charge in [0.1, 0.15) is 23.8 Å². The Labute approximate surface area is 183 Å². The zero-order valence-electron chi connectivity index (χ0n) is 17.9. The number of fused-ring (bicyclic) bond motifs is 1. The minimum absolute atomic E-state index is 0.00759. The van der Waals surface area contributed by atoms with Gasteiger partial charge >= 0.3 is 17.6 Å². The molecule has 1 aliphatic rings. The molecule has 3 rings (SSSR count). The third-order valence-corrected chi connectivity index (χ3v) is 5.64. The molecule has 2 N–H and O–H groups in total. The lowest BCUT2D eigenvalue weighted by Crippen LogP contribution is -2.34. The minimum atomic E-state index is -0.946. The summed E-state index contributed by atoms with van der Waals surface area (Å²) in [5.41, 5.74) is 6.22. The lowest BCUT2D eigenvalue weighted by atomic mass is 10.1. The zero-order valence-corrected chi connectivity index (χ0v) is 18.8. The molecule has 0 amide bonds. The van der Waals surface area contributed by atoms with Crippen LogP contribution in [0.4, 0.5) is 5.95 Å². The molecule has 2 aromatic heterocycles. The maximum atomic E-state index is 13.3. The fourth-order valence-electron chi connectivity index (χ4n) is 3.79. The standard InChI is InChI=1S/C19H27N5O6S/c1-5-13(28-10(2)25)14-8-15(29-11(3)26)17(30-14)24-16-12(9-21-18(20)22-16)23(19(24)27)6-7-31-4/h9,13-15,17H,5-8H2,1-4H3,(H2,20,21,22)/t13-,14-,15+,17+/m0/s1. The first kappa shape index (κ1) is 23.1. The molecule has 3 heterocycles. The van der Waals surface area contributed by atoms with Crippen molar-refractivity contribution in [2.45, 2.75) is 64.7 Å². The summed E-state index contributed by atoms with van der Waals surface area (Å²) in [6.07, 6.45) is 1.40. The highest BCUT2D eigenvalue weighted by Crippen LogP contribution is 2.35. The fraction of sp³-hybridized carbons (Fsp3) is 0.632. The predicted molar refractivity (Wildman–Crippen MR) is 115 cm³/mol. The monoisotopic (exact) mass is 453 g/mol. The van der Waals surface area contributed by atoms with Crippen molar-refractivity contribution < 1.29 is 23.8 Å². The molecule has 1 fully saturated rings. The quantitative estimate of drug-likeness (QED) is 0.578. The molecule has 0 saturated carbocycles. The fourth-order valence-corrected chi connectivity index (χ4v) is 4.15. The third-order valence-electron chi connectivity index (χ3n) is 5.05. The molecule has 0 radical (unpaired) electrons. The smallest absolute Gasteiger partial charge is 0.332 e. The number of rotatable bonds is 8. The molecule has 0 unspecified atom stereocenters. The number of nitrogen functional groups attached to an aromatic ring is 1. The van der Waals surface area contributed by atoms with E-state index in [2.05, 4.69) is 9.97 Å². The summed E-state index contributed by atoms with van der Waals surface area (Å²) in [6.45, 7) is 4.91. The molecular weight excluding hydrogens is 426 g/mol. The van der Waals surface area contributed by atoms with Crippen LogP contribution < -0.4 is 11.4 Å². The van der Waals surface area contributed by atoms with E-state index in [0.29, 0.717) is 29.9 Å². The lowest BCUT2D eigenvalue weighted by molar-refractivity contribution is -0.158. The number of nitrogens with two attached hydrogens (primary N) is 1. The number of aryl methyl sites for hydroxylation is 1. The van der Waals surface area contributed by atoms with Gasteiger partial charge in [0.2, 0.25) is 5.95 Å². The van der Waals surface area contributed by atoms with Crippen molar-refractivity contribution in [2.24, 2.45) is 0 Å². The van der Waals surface area contributed by atoms with Crippen molar-refractivity contribution in [3.8, 4) is 0 Å². The van der Waals surface area contributed by atoms with Gasteiger partial charge in [-0.3, -0.25) is 14.2 Å². The number of ether oxygens (including phenoxy) is 3. The van der Waals surface area contributed by atoms with Crippen molar-refractivity contribution in [3.63, 3.8) is 0 Å². The molecule has 0 spiro atoms. The van der Waals surface area contributed by atoms with Crippen LogP contribution in [-0.4, -0.2) is 61.4 Å². The Morgan fingerprint density at radius 1 is 1.39 bits per heavy atom. The Morgan fingerprint density at radius 2 is 2.13 bits per heavy atom. The van der Waals surface area contributed by atoms with Gasteiger partial charge in [-0.05, 0) is 12.7 Å². The second-order valence-corrected chi connectivity index (χ2v) is 8.22. The molecule has 170 valence electrons. The number of hydrogen-bond donors (Lipinski definition) is 1. The van der Waals surface area contributed by atoms with E-state index >= 15 is 0 Å². The number of thioether (sulfide) groups is 1. The maximum Gasteiger partial charge on any atom is 0.332 e. The van der Waals surface area contributed by atoms with Crippen molar-refractivity contribution in [1.82, 2.24) is 19.1 Å². The summed E-state index contributed by atoms with van der Waals surface area (Å²) < 4.78 is 19.9. The Kier molecular flexibility index (Phi) is 7.21. The highest BCUT2D eigenvalue weighted by molar-refractivity contribution is 7.98. The molecule has 12 heteroatoms. The molecule has 0 bridgehead atoms. The summed E-state index contributed by atoms with van der Waals surface area (Å²) in [4.78, 5) is 44.9. The van der Waals surface area contributed by atoms with E-state index in [1.165, 1.54) is 24.6 Å². The topological polar surface area (TPSA) is 141 Å². The summed E-state index contributed by atoms with van der Waals surface area (Å²) in [5.74, 6) is -0.231. The van der Waals surface area contributed by atoms with E-state index in [4.69, 9.17) is 19.9 Å². The average Bonchev–Trinajstić information content (AvgIpc) is 3.21. The van der Waals surface area contributed by atoms with Crippen molar-refractivity contribution in [3.05, 3.63) is 16.7 Å². The highest BCUT2D eigenvalue weighted by Gasteiger charge is 2.44. The number of esters is 2. The van der Waals surface area contributed by atoms with Gasteiger partial charge in [0.15, 0.2) is 11.9 Å². The zero-order chi connectivity index (χ0) is 22.7. The largest absolute Gasteiger partial charge is 0.460 e. The number of nitrogens with zero attached hydrogens (tertiary/aromatic N) is 4. The van der Waals surface area contributed by atoms with Gasteiger partial charge in [-0.25, -0.2) is 14.3 Å². The van der Waals surface area contributed by atoms with E-state index in [9.17, 15) is 14.4 Å². The second kappa shape index (κ2) is 9.69. The first-order valence-electron chi connectivity index (χ1n) is 9.98. The van der Waals surface area contributed by atoms with E-state index < -0.39 is 36.5 Å². The summed E-state index contributed by atoms with van der Waals surface area (Å²) in [6, 6.07) is 0. The summed E-state index contributed by atoms with van der Waals surface area (Å²) in [7, 11) is 0. The summed E-state index contributed by atoms with van der Waals surface area (Å²) in [5, 5.41) is 0. The van der Waals surface area contributed by atoms with Gasteiger partial charge in [-0.2, -0.15) is 16.7 Å². The van der Waals surface area contributed by atoms with Crippen LogP contribution in [0.1, 0.15) is 39.8 Å². The normalized spacial score (nSPS) is 21.9. The van der Waals surface area contributed by atoms with Gasteiger partial charge < -0.3 is 19.9 Å². The van der Waals surface area contributed by atoms with Gasteiger partial charge in [0, 0.05) is 32.6 Å². The first-order valence-corrected chi connectivity index (χ1v) is 11.4. The molecule has 2 aromatic rings. The maximum absolute atomic E-state index is 13.3. The predicted octanol–water partition coefficient (Wildman–Crippen LogP) is 1.10. The van der Waals surface area contributed by atoms with Gasteiger partial charge in [-0.1, -0.05) is 6.92 Å². The van der Waals surface area contributed by atoms with Crippen LogP contribution in [-0.2, 0) is 30.3 Å². The molecule has 1 saturated heterocycles. The molecule has 31 heavy (non-hydrogen) atoms. The van der Waals surface area contributed by atoms with E-state index in [0.717, 1.165) is 0 Å². The van der Waals surface area contributed by atoms with Crippen molar-refractivity contribution in [2.75, 3.05) is 17.7 Å². The number of carbonyl (C=O) groups is 2. The van der Waals surface area contributed by atoms with Crippen LogP contribution in [0.15, 0.2) is 11.0 Å². The molecule has 1 aliphatic heterocycles. The SMILES string of the molecule is CC[C@H](OC(C)=O)[C@@H]1C[C@@H](OC(C)=O)[C@H](n2c(=O)n(CCSC)c3cnc(N)nc32)O1. The van der Waals surface area contributed by atoms with Crippen LogP contribution in [0, 0.1) is 0 Å². The van der Waals surface area contributed by atoms with Crippen LogP contribution in [0.5, 0.6) is 0 Å². The van der Waals surface area contributed by atoms with E-state index in [1.54, 1.807) is 16.3 Å². The third kappa shape index (κ3) is 4.85. The number of aromatic nitrogens is 4. The minimum Gasteiger partial charge on any atom is -0.460 e. The van der Waals surface area contributed by atoms with Crippen LogP contribution in [0.3, 0.4) is 0 Å². The van der Waals surface area contributed by atoms with Crippen LogP contribution >= 0.6 is 11.8 Å². The van der Waals surface area contributed by atoms with Crippen molar-refractivity contribution in [1.29, 1.82) is 0 Å². The van der Waals surface area contributed by atoms with E-state index in [1.807, 2.05) is 13.2 Å². The Morgan fingerprint density at radius 3 is 2.74 bits per heavy atom. The Bertz CT molecular complexity index is 1020. The van der Waals surface area contributed by atoms with Gasteiger partial charge in [0.25, 0.3) is 0 Å². The number of hydrogen-bond acceptors (Lipinski definition) is 10. The van der Waals surface area contributed by atoms with E-state index in [-0.39, 0.29) is 18.1 Å². The van der Waals surface area contributed by atoms with Gasteiger partial charge in [-0.15, -0.1) is 0 Å². The van der Waals surface area contributed by atoms with Gasteiger partial charge in [0.05, 0.1) is 6.20 Å². The molecule has 11 nitrogen and oxygen atoms in total.